The molecule has 1 fully saturated rings. The zero-order chi connectivity index (χ0) is 17.0. The fraction of sp³-hybridized carbons (Fsp3) is 0.438. The molecule has 2 amide bonds. The van der Waals surface area contributed by atoms with Gasteiger partial charge in [0.2, 0.25) is 6.79 Å². The van der Waals surface area contributed by atoms with Crippen LogP contribution in [0.4, 0.5) is 10.5 Å². The number of ether oxygens (including phenoxy) is 2. The first kappa shape index (κ1) is 16.8. The molecule has 2 N–H and O–H groups in total. The molecule has 0 spiro atoms. The summed E-state index contributed by atoms with van der Waals surface area (Å²) in [6.45, 7) is 2.96. The van der Waals surface area contributed by atoms with Gasteiger partial charge in [-0.2, -0.15) is 0 Å². The number of imide groups is 1. The second kappa shape index (κ2) is 7.13. The molecule has 1 aliphatic rings. The van der Waals surface area contributed by atoms with Crippen molar-refractivity contribution in [1.29, 1.82) is 0 Å². The smallest absolute Gasteiger partial charge is 0.419 e. The minimum atomic E-state index is -0.819. The van der Waals surface area contributed by atoms with E-state index in [1.54, 1.807) is 19.1 Å². The van der Waals surface area contributed by atoms with Gasteiger partial charge in [-0.1, -0.05) is 13.0 Å². The van der Waals surface area contributed by atoms with Crippen molar-refractivity contribution in [2.45, 2.75) is 39.2 Å². The van der Waals surface area contributed by atoms with Crippen molar-refractivity contribution in [3.05, 3.63) is 29.3 Å². The van der Waals surface area contributed by atoms with Crippen molar-refractivity contribution in [3.8, 4) is 0 Å². The third-order valence-electron chi connectivity index (χ3n) is 3.54. The SMILES string of the molecule is CCC(=O)OCOC(=O)N(C(=O)c1ccc(C)c(N)c1)C1CC1. The zero-order valence-corrected chi connectivity index (χ0v) is 13.2. The van der Waals surface area contributed by atoms with E-state index in [4.69, 9.17) is 15.2 Å². The molecule has 0 unspecified atom stereocenters. The second-order valence-electron chi connectivity index (χ2n) is 5.38. The molecule has 2 rings (SSSR count). The molecule has 0 radical (unpaired) electrons. The Morgan fingerprint density at radius 3 is 2.52 bits per heavy atom. The van der Waals surface area contributed by atoms with Crippen molar-refractivity contribution >= 4 is 23.7 Å². The summed E-state index contributed by atoms with van der Waals surface area (Å²) >= 11 is 0. The van der Waals surface area contributed by atoms with Crippen LogP contribution in [0.3, 0.4) is 0 Å². The average molecular weight is 320 g/mol. The summed E-state index contributed by atoms with van der Waals surface area (Å²) in [4.78, 5) is 36.8. The molecule has 0 aromatic heterocycles. The van der Waals surface area contributed by atoms with E-state index in [0.29, 0.717) is 11.3 Å². The molecule has 0 atom stereocenters. The topological polar surface area (TPSA) is 98.9 Å². The first-order valence-electron chi connectivity index (χ1n) is 7.46. The van der Waals surface area contributed by atoms with Crippen LogP contribution in [0.15, 0.2) is 18.2 Å². The molecule has 7 heteroatoms. The summed E-state index contributed by atoms with van der Waals surface area (Å²) in [6.07, 6.45) is 0.833. The van der Waals surface area contributed by atoms with Crippen molar-refractivity contribution < 1.29 is 23.9 Å². The van der Waals surface area contributed by atoms with Gasteiger partial charge in [0.05, 0.1) is 0 Å². The Morgan fingerprint density at radius 1 is 1.26 bits per heavy atom. The minimum Gasteiger partial charge on any atom is -0.428 e. The lowest BCUT2D eigenvalue weighted by atomic mass is 10.1. The number of carbonyl (C=O) groups excluding carboxylic acids is 3. The maximum absolute atomic E-state index is 12.5. The molecule has 1 aromatic rings. The van der Waals surface area contributed by atoms with Crippen LogP contribution in [-0.4, -0.2) is 35.7 Å². The van der Waals surface area contributed by atoms with Crippen molar-refractivity contribution in [2.75, 3.05) is 12.5 Å². The van der Waals surface area contributed by atoms with Crippen LogP contribution in [0.2, 0.25) is 0 Å². The van der Waals surface area contributed by atoms with Gasteiger partial charge < -0.3 is 15.2 Å². The summed E-state index contributed by atoms with van der Waals surface area (Å²) in [5, 5.41) is 0. The third-order valence-corrected chi connectivity index (χ3v) is 3.54. The number of nitrogens with two attached hydrogens (primary N) is 1. The predicted molar refractivity (Wildman–Crippen MR) is 82.5 cm³/mol. The fourth-order valence-corrected chi connectivity index (χ4v) is 1.96. The number of hydrogen-bond donors (Lipinski definition) is 1. The third kappa shape index (κ3) is 4.21. The average Bonchev–Trinajstić information content (AvgIpc) is 3.34. The quantitative estimate of drug-likeness (QED) is 0.507. The number of anilines is 1. The molecule has 1 saturated carbocycles. The number of hydrogen-bond acceptors (Lipinski definition) is 6. The molecule has 1 aliphatic carbocycles. The highest BCUT2D eigenvalue weighted by atomic mass is 16.7. The molecule has 124 valence electrons. The Balaban J connectivity index is 2.05. The van der Waals surface area contributed by atoms with Gasteiger partial charge >= 0.3 is 12.1 Å². The Hall–Kier alpha value is -2.57. The first-order chi connectivity index (χ1) is 10.9. The second-order valence-corrected chi connectivity index (χ2v) is 5.38. The number of nitrogen functional groups attached to an aromatic ring is 1. The number of amides is 2. The summed E-state index contributed by atoms with van der Waals surface area (Å²) in [7, 11) is 0. The molecule has 0 heterocycles. The predicted octanol–water partition coefficient (Wildman–Crippen LogP) is 2.23. The zero-order valence-electron chi connectivity index (χ0n) is 13.2. The van der Waals surface area contributed by atoms with Gasteiger partial charge in [0.15, 0.2) is 0 Å². The van der Waals surface area contributed by atoms with E-state index in [1.807, 2.05) is 6.92 Å². The van der Waals surface area contributed by atoms with Gasteiger partial charge in [-0.15, -0.1) is 0 Å². The molecule has 0 saturated heterocycles. The van der Waals surface area contributed by atoms with E-state index in [1.165, 1.54) is 6.07 Å². The minimum absolute atomic E-state index is 0.181. The van der Waals surface area contributed by atoms with E-state index in [9.17, 15) is 14.4 Å². The molecule has 7 nitrogen and oxygen atoms in total. The van der Waals surface area contributed by atoms with Crippen molar-refractivity contribution in [3.63, 3.8) is 0 Å². The molecular weight excluding hydrogens is 300 g/mol. The maximum Gasteiger partial charge on any atom is 0.419 e. The summed E-state index contributed by atoms with van der Waals surface area (Å²) in [6, 6.07) is 4.70. The van der Waals surface area contributed by atoms with E-state index in [2.05, 4.69) is 0 Å². The van der Waals surface area contributed by atoms with Crippen LogP contribution in [0.5, 0.6) is 0 Å². The van der Waals surface area contributed by atoms with Gasteiger partial charge in [0.25, 0.3) is 5.91 Å². The molecular formula is C16H20N2O5. The number of benzene rings is 1. The lowest BCUT2D eigenvalue weighted by Crippen LogP contribution is -2.39. The summed E-state index contributed by atoms with van der Waals surface area (Å²) in [5.41, 5.74) is 7.47. The van der Waals surface area contributed by atoms with E-state index in [-0.39, 0.29) is 12.5 Å². The van der Waals surface area contributed by atoms with Crippen molar-refractivity contribution in [1.82, 2.24) is 4.90 Å². The number of esters is 1. The van der Waals surface area contributed by atoms with E-state index in [0.717, 1.165) is 23.3 Å². The van der Waals surface area contributed by atoms with Crippen LogP contribution < -0.4 is 5.73 Å². The Labute approximate surface area is 134 Å². The van der Waals surface area contributed by atoms with Gasteiger partial charge in [-0.05, 0) is 37.5 Å². The molecule has 0 aliphatic heterocycles. The van der Waals surface area contributed by atoms with Crippen LogP contribution in [-0.2, 0) is 14.3 Å². The number of aryl methyl sites for hydroxylation is 1. The molecule has 23 heavy (non-hydrogen) atoms. The van der Waals surface area contributed by atoms with Gasteiger partial charge in [-0.25, -0.2) is 9.69 Å². The van der Waals surface area contributed by atoms with Gasteiger partial charge in [0, 0.05) is 23.7 Å². The highest BCUT2D eigenvalue weighted by Crippen LogP contribution is 2.29. The lowest BCUT2D eigenvalue weighted by Gasteiger charge is -2.20. The lowest BCUT2D eigenvalue weighted by molar-refractivity contribution is -0.151. The van der Waals surface area contributed by atoms with Crippen LogP contribution in [0.25, 0.3) is 0 Å². The summed E-state index contributed by atoms with van der Waals surface area (Å²) in [5.74, 6) is -0.945. The van der Waals surface area contributed by atoms with Gasteiger partial charge in [0.1, 0.15) is 0 Å². The standard InChI is InChI=1S/C16H20N2O5/c1-3-14(19)22-9-23-16(21)18(12-6-7-12)15(20)11-5-4-10(2)13(17)8-11/h4-5,8,12H,3,6-7,9,17H2,1-2H3. The number of rotatable bonds is 5. The van der Waals surface area contributed by atoms with E-state index >= 15 is 0 Å². The highest BCUT2D eigenvalue weighted by Gasteiger charge is 2.39. The van der Waals surface area contributed by atoms with Crippen LogP contribution in [0.1, 0.15) is 42.1 Å². The molecule has 0 bridgehead atoms. The van der Waals surface area contributed by atoms with Crippen LogP contribution in [0, 0.1) is 6.92 Å². The number of carbonyl (C=O) groups is 3. The Kier molecular flexibility index (Phi) is 5.20. The van der Waals surface area contributed by atoms with Crippen LogP contribution >= 0.6 is 0 Å². The first-order valence-corrected chi connectivity index (χ1v) is 7.46. The largest absolute Gasteiger partial charge is 0.428 e. The monoisotopic (exact) mass is 320 g/mol. The summed E-state index contributed by atoms with van der Waals surface area (Å²) < 4.78 is 9.56. The van der Waals surface area contributed by atoms with Gasteiger partial charge in [-0.3, -0.25) is 9.59 Å². The Morgan fingerprint density at radius 2 is 1.96 bits per heavy atom. The maximum atomic E-state index is 12.5. The Bertz CT molecular complexity index is 625. The highest BCUT2D eigenvalue weighted by molar-refractivity contribution is 6.04. The van der Waals surface area contributed by atoms with E-state index < -0.39 is 24.8 Å². The fourth-order valence-electron chi connectivity index (χ4n) is 1.96. The molecule has 1 aromatic carbocycles. The number of nitrogens with zero attached hydrogens (tertiary/aromatic N) is 1. The normalized spacial score (nSPS) is 13.3. The van der Waals surface area contributed by atoms with Crippen molar-refractivity contribution in [2.24, 2.45) is 0 Å².